The van der Waals surface area contributed by atoms with Crippen LogP contribution >= 0.6 is 0 Å². The number of hydrogen-bond donors (Lipinski definition) is 2. The first-order valence-corrected chi connectivity index (χ1v) is 7.28. The van der Waals surface area contributed by atoms with Crippen molar-refractivity contribution in [2.75, 3.05) is 39.5 Å². The van der Waals surface area contributed by atoms with Crippen molar-refractivity contribution < 1.29 is 19.0 Å². The lowest BCUT2D eigenvalue weighted by Crippen LogP contribution is -2.33. The molecule has 1 amide bonds. The van der Waals surface area contributed by atoms with Gasteiger partial charge in [0, 0.05) is 33.0 Å². The van der Waals surface area contributed by atoms with Gasteiger partial charge in [0.05, 0.1) is 0 Å². The molecule has 6 heteroatoms. The first-order chi connectivity index (χ1) is 9.45. The molecule has 0 saturated carbocycles. The van der Waals surface area contributed by atoms with E-state index >= 15 is 0 Å². The smallest absolute Gasteiger partial charge is 0.407 e. The van der Waals surface area contributed by atoms with Gasteiger partial charge in [-0.15, -0.1) is 0 Å². The molecule has 0 aliphatic carbocycles. The van der Waals surface area contributed by atoms with Crippen LogP contribution in [0, 0.1) is 0 Å². The summed E-state index contributed by atoms with van der Waals surface area (Å²) < 4.78 is 15.9. The highest BCUT2D eigenvalue weighted by Gasteiger charge is 2.15. The van der Waals surface area contributed by atoms with Gasteiger partial charge in [0.25, 0.3) is 0 Å². The Morgan fingerprint density at radius 2 is 1.55 bits per heavy atom. The van der Waals surface area contributed by atoms with E-state index in [1.807, 2.05) is 20.8 Å². The van der Waals surface area contributed by atoms with Crippen LogP contribution < -0.4 is 11.1 Å². The summed E-state index contributed by atoms with van der Waals surface area (Å²) >= 11 is 0. The Bertz CT molecular complexity index is 242. The second kappa shape index (κ2) is 11.9. The molecule has 0 heterocycles. The standard InChI is InChI=1S/C14H30N2O4/c1-14(2,3)20-13(17)16-8-5-10-19-12-6-11-18-9-4-7-15/h4-12,15H2,1-3H3,(H,16,17). The second-order valence-electron chi connectivity index (χ2n) is 5.50. The average Bonchev–Trinajstić information content (AvgIpc) is 2.34. The third-order valence-electron chi connectivity index (χ3n) is 2.20. The minimum atomic E-state index is -0.454. The first-order valence-electron chi connectivity index (χ1n) is 7.28. The van der Waals surface area contributed by atoms with Crippen molar-refractivity contribution in [3.63, 3.8) is 0 Å². The van der Waals surface area contributed by atoms with E-state index in [4.69, 9.17) is 19.9 Å². The van der Waals surface area contributed by atoms with E-state index in [9.17, 15) is 4.79 Å². The summed E-state index contributed by atoms with van der Waals surface area (Å²) in [5.41, 5.74) is 4.90. The molecule has 0 radical (unpaired) electrons. The van der Waals surface area contributed by atoms with Crippen LogP contribution in [0.2, 0.25) is 0 Å². The Morgan fingerprint density at radius 3 is 2.10 bits per heavy atom. The van der Waals surface area contributed by atoms with Crippen LogP contribution in [0.25, 0.3) is 0 Å². The molecule has 120 valence electrons. The molecule has 0 atom stereocenters. The number of nitrogens with one attached hydrogen (secondary N) is 1. The van der Waals surface area contributed by atoms with Crippen molar-refractivity contribution in [3.8, 4) is 0 Å². The molecule has 0 aliphatic rings. The topological polar surface area (TPSA) is 82.8 Å². The number of alkyl carbamates (subject to hydrolysis) is 1. The molecule has 0 aromatic rings. The summed E-state index contributed by atoms with van der Waals surface area (Å²) in [4.78, 5) is 11.3. The zero-order valence-corrected chi connectivity index (χ0v) is 13.1. The first kappa shape index (κ1) is 19.1. The van der Waals surface area contributed by atoms with E-state index in [1.165, 1.54) is 0 Å². The van der Waals surface area contributed by atoms with E-state index in [-0.39, 0.29) is 6.09 Å². The fourth-order valence-corrected chi connectivity index (χ4v) is 1.33. The fourth-order valence-electron chi connectivity index (χ4n) is 1.33. The van der Waals surface area contributed by atoms with Gasteiger partial charge in [-0.2, -0.15) is 0 Å². The van der Waals surface area contributed by atoms with Crippen molar-refractivity contribution >= 4 is 6.09 Å². The van der Waals surface area contributed by atoms with Gasteiger partial charge in [-0.05, 0) is 46.6 Å². The van der Waals surface area contributed by atoms with Gasteiger partial charge in [-0.3, -0.25) is 0 Å². The molecule has 0 aromatic heterocycles. The molecule has 20 heavy (non-hydrogen) atoms. The van der Waals surface area contributed by atoms with E-state index in [0.717, 1.165) is 25.9 Å². The summed E-state index contributed by atoms with van der Waals surface area (Å²) in [6.07, 6.45) is 2.17. The normalized spacial score (nSPS) is 11.4. The highest BCUT2D eigenvalue weighted by molar-refractivity contribution is 5.67. The number of rotatable bonds is 11. The van der Waals surface area contributed by atoms with Gasteiger partial charge in [0.2, 0.25) is 0 Å². The van der Waals surface area contributed by atoms with E-state index in [0.29, 0.717) is 32.9 Å². The van der Waals surface area contributed by atoms with Crippen LogP contribution in [0.15, 0.2) is 0 Å². The molecule has 0 fully saturated rings. The minimum Gasteiger partial charge on any atom is -0.444 e. The quantitative estimate of drug-likeness (QED) is 0.566. The molecule has 6 nitrogen and oxygen atoms in total. The fraction of sp³-hybridized carbons (Fsp3) is 0.929. The van der Waals surface area contributed by atoms with Gasteiger partial charge in [-0.25, -0.2) is 4.79 Å². The van der Waals surface area contributed by atoms with E-state index < -0.39 is 5.60 Å². The monoisotopic (exact) mass is 290 g/mol. The van der Waals surface area contributed by atoms with Gasteiger partial charge < -0.3 is 25.3 Å². The van der Waals surface area contributed by atoms with Crippen LogP contribution in [0.1, 0.15) is 40.0 Å². The third kappa shape index (κ3) is 15.2. The van der Waals surface area contributed by atoms with Crippen LogP contribution in [0.3, 0.4) is 0 Å². The lowest BCUT2D eigenvalue weighted by molar-refractivity contribution is 0.0516. The third-order valence-corrected chi connectivity index (χ3v) is 2.20. The highest BCUT2D eigenvalue weighted by atomic mass is 16.6. The maximum Gasteiger partial charge on any atom is 0.407 e. The summed E-state index contributed by atoms with van der Waals surface area (Å²) in [6.45, 7) is 9.46. The Balaban J connectivity index is 3.19. The van der Waals surface area contributed by atoms with Crippen molar-refractivity contribution in [2.24, 2.45) is 5.73 Å². The molecule has 0 rings (SSSR count). The van der Waals surface area contributed by atoms with Gasteiger partial charge in [0.1, 0.15) is 5.60 Å². The molecular formula is C14H30N2O4. The largest absolute Gasteiger partial charge is 0.444 e. The second-order valence-corrected chi connectivity index (χ2v) is 5.50. The molecule has 0 unspecified atom stereocenters. The number of amides is 1. The number of nitrogens with two attached hydrogens (primary N) is 1. The highest BCUT2D eigenvalue weighted by Crippen LogP contribution is 2.06. The van der Waals surface area contributed by atoms with Crippen molar-refractivity contribution in [1.82, 2.24) is 5.32 Å². The summed E-state index contributed by atoms with van der Waals surface area (Å²) in [5.74, 6) is 0. The number of carbonyl (C=O) groups excluding carboxylic acids is 1. The zero-order valence-electron chi connectivity index (χ0n) is 13.1. The van der Waals surface area contributed by atoms with Crippen LogP contribution in [-0.2, 0) is 14.2 Å². The Hall–Kier alpha value is -0.850. The molecule has 0 aliphatic heterocycles. The lowest BCUT2D eigenvalue weighted by Gasteiger charge is -2.19. The Kier molecular flexibility index (Phi) is 11.4. The van der Waals surface area contributed by atoms with Crippen molar-refractivity contribution in [3.05, 3.63) is 0 Å². The van der Waals surface area contributed by atoms with Gasteiger partial charge >= 0.3 is 6.09 Å². The van der Waals surface area contributed by atoms with E-state index in [2.05, 4.69) is 5.32 Å². The SMILES string of the molecule is CC(C)(C)OC(=O)NCCCOCCCOCCCN. The zero-order chi connectivity index (χ0) is 15.3. The summed E-state index contributed by atoms with van der Waals surface area (Å²) in [5, 5.41) is 2.69. The summed E-state index contributed by atoms with van der Waals surface area (Å²) in [7, 11) is 0. The van der Waals surface area contributed by atoms with Gasteiger partial charge in [0.15, 0.2) is 0 Å². The van der Waals surface area contributed by atoms with Crippen molar-refractivity contribution in [1.29, 1.82) is 0 Å². The molecular weight excluding hydrogens is 260 g/mol. The lowest BCUT2D eigenvalue weighted by atomic mass is 10.2. The Labute approximate surface area is 122 Å². The molecule has 0 aromatic carbocycles. The van der Waals surface area contributed by atoms with Crippen LogP contribution in [-0.4, -0.2) is 51.2 Å². The summed E-state index contributed by atoms with van der Waals surface area (Å²) in [6, 6.07) is 0. The minimum absolute atomic E-state index is 0.384. The molecule has 0 spiro atoms. The van der Waals surface area contributed by atoms with Crippen molar-refractivity contribution in [2.45, 2.75) is 45.6 Å². The van der Waals surface area contributed by atoms with Gasteiger partial charge in [-0.1, -0.05) is 0 Å². The number of carbonyl (C=O) groups is 1. The molecule has 3 N–H and O–H groups in total. The predicted octanol–water partition coefficient (Wildman–Crippen LogP) is 1.67. The number of ether oxygens (including phenoxy) is 3. The maximum atomic E-state index is 11.3. The predicted molar refractivity (Wildman–Crippen MR) is 78.8 cm³/mol. The van der Waals surface area contributed by atoms with Crippen LogP contribution in [0.5, 0.6) is 0 Å². The van der Waals surface area contributed by atoms with Crippen LogP contribution in [0.4, 0.5) is 4.79 Å². The number of hydrogen-bond acceptors (Lipinski definition) is 5. The Morgan fingerprint density at radius 1 is 1.00 bits per heavy atom. The maximum absolute atomic E-state index is 11.3. The molecule has 0 saturated heterocycles. The van der Waals surface area contributed by atoms with E-state index in [1.54, 1.807) is 0 Å². The molecule has 0 bridgehead atoms. The average molecular weight is 290 g/mol.